The van der Waals surface area contributed by atoms with Crippen LogP contribution in [0.2, 0.25) is 0 Å². The van der Waals surface area contributed by atoms with Gasteiger partial charge < -0.3 is 20.5 Å². The van der Waals surface area contributed by atoms with Gasteiger partial charge in [-0.25, -0.2) is 9.78 Å². The van der Waals surface area contributed by atoms with Crippen LogP contribution in [0.15, 0.2) is 48.5 Å². The molecule has 0 saturated heterocycles. The molecule has 34 heavy (non-hydrogen) atoms. The number of amides is 1. The Kier molecular flexibility index (Phi) is 8.82. The Bertz CT molecular complexity index is 1100. The van der Waals surface area contributed by atoms with Gasteiger partial charge in [-0.3, -0.25) is 4.79 Å². The van der Waals surface area contributed by atoms with Crippen LogP contribution in [0.4, 0.5) is 0 Å². The fourth-order valence-electron chi connectivity index (χ4n) is 4.47. The molecule has 1 heterocycles. The molecule has 1 fully saturated rings. The number of hydrogen-bond acceptors (Lipinski definition) is 4. The number of benzene rings is 2. The standard InChI is InChI=1S/C20H22N2O3.C7H13NO/c1-13(2)11-18(20(24)25)22-17-6-4-3-5-16(17)21-19(22)15-9-7-14(12-23)8-10-15;8-7(9)6-4-2-1-3-5-6/h3-10,13,18,23H,11-12H2,1-2H3,(H,24,25);6H,1-5H2,(H2,8,9). The normalized spacial score (nSPS) is 15.1. The number of carbonyl (C=O) groups excluding carboxylic acids is 1. The molecule has 1 aromatic heterocycles. The number of carboxylic acids is 1. The minimum atomic E-state index is -0.856. The highest BCUT2D eigenvalue weighted by atomic mass is 16.4. The van der Waals surface area contributed by atoms with Crippen LogP contribution < -0.4 is 5.73 Å². The van der Waals surface area contributed by atoms with Gasteiger partial charge in [-0.1, -0.05) is 69.5 Å². The number of aliphatic hydroxyl groups excluding tert-OH is 1. The Morgan fingerprint density at radius 1 is 1.06 bits per heavy atom. The Morgan fingerprint density at radius 3 is 2.24 bits per heavy atom. The van der Waals surface area contributed by atoms with Crippen molar-refractivity contribution >= 4 is 22.9 Å². The number of rotatable bonds is 7. The first-order chi connectivity index (χ1) is 16.3. The number of primary amides is 1. The van der Waals surface area contributed by atoms with Crippen LogP contribution >= 0.6 is 0 Å². The molecule has 1 unspecified atom stereocenters. The lowest BCUT2D eigenvalue weighted by Gasteiger charge is -2.20. The van der Waals surface area contributed by atoms with Crippen molar-refractivity contribution in [1.29, 1.82) is 0 Å². The smallest absolute Gasteiger partial charge is 0.326 e. The van der Waals surface area contributed by atoms with Gasteiger partial charge in [0.25, 0.3) is 0 Å². The second kappa shape index (κ2) is 11.8. The van der Waals surface area contributed by atoms with Crippen molar-refractivity contribution in [1.82, 2.24) is 9.55 Å². The van der Waals surface area contributed by atoms with Gasteiger partial charge in [-0.15, -0.1) is 0 Å². The number of aliphatic hydroxyl groups is 1. The van der Waals surface area contributed by atoms with Crippen LogP contribution in [0.3, 0.4) is 0 Å². The van der Waals surface area contributed by atoms with E-state index in [1.54, 1.807) is 0 Å². The number of aromatic nitrogens is 2. The molecular formula is C27H35N3O4. The maximum atomic E-state index is 12.0. The zero-order chi connectivity index (χ0) is 24.7. The maximum absolute atomic E-state index is 12.0. The van der Waals surface area contributed by atoms with Gasteiger partial charge in [0.1, 0.15) is 11.9 Å². The molecule has 0 spiro atoms. The molecule has 7 heteroatoms. The van der Waals surface area contributed by atoms with Gasteiger partial charge in [0, 0.05) is 11.5 Å². The third-order valence-corrected chi connectivity index (χ3v) is 6.29. The van der Waals surface area contributed by atoms with E-state index in [0.717, 1.165) is 35.0 Å². The van der Waals surface area contributed by atoms with Crippen molar-refractivity contribution in [2.75, 3.05) is 0 Å². The second-order valence-electron chi connectivity index (χ2n) is 9.37. The average molecular weight is 466 g/mol. The molecule has 1 atom stereocenters. The number of fused-ring (bicyclic) bond motifs is 1. The number of nitrogens with zero attached hydrogens (tertiary/aromatic N) is 2. The van der Waals surface area contributed by atoms with Gasteiger partial charge in [0.2, 0.25) is 5.91 Å². The molecular weight excluding hydrogens is 430 g/mol. The van der Waals surface area contributed by atoms with Crippen LogP contribution in [-0.4, -0.2) is 31.6 Å². The summed E-state index contributed by atoms with van der Waals surface area (Å²) in [7, 11) is 0. The highest BCUT2D eigenvalue weighted by Gasteiger charge is 2.26. The summed E-state index contributed by atoms with van der Waals surface area (Å²) in [4.78, 5) is 27.2. The summed E-state index contributed by atoms with van der Waals surface area (Å²) < 4.78 is 1.83. The number of para-hydroxylation sites is 2. The second-order valence-corrected chi connectivity index (χ2v) is 9.37. The van der Waals surface area contributed by atoms with Crippen molar-refractivity contribution < 1.29 is 19.8 Å². The number of nitrogens with two attached hydrogens (primary N) is 1. The molecule has 0 aliphatic heterocycles. The minimum absolute atomic E-state index is 0.0260. The largest absolute Gasteiger partial charge is 0.480 e. The van der Waals surface area contributed by atoms with Crippen molar-refractivity contribution in [2.45, 2.75) is 65.0 Å². The Morgan fingerprint density at radius 2 is 1.71 bits per heavy atom. The van der Waals surface area contributed by atoms with Gasteiger partial charge >= 0.3 is 5.97 Å². The summed E-state index contributed by atoms with van der Waals surface area (Å²) in [6.07, 6.45) is 6.23. The molecule has 182 valence electrons. The lowest BCUT2D eigenvalue weighted by Crippen LogP contribution is -2.24. The molecule has 0 radical (unpaired) electrons. The zero-order valence-corrected chi connectivity index (χ0v) is 20.0. The van der Waals surface area contributed by atoms with Gasteiger partial charge in [-0.2, -0.15) is 0 Å². The first-order valence-electron chi connectivity index (χ1n) is 12.0. The first-order valence-corrected chi connectivity index (χ1v) is 12.0. The number of carboxylic acid groups (broad SMARTS) is 1. The Balaban J connectivity index is 0.000000302. The van der Waals surface area contributed by atoms with E-state index >= 15 is 0 Å². The van der Waals surface area contributed by atoms with E-state index in [9.17, 15) is 19.8 Å². The fraction of sp³-hybridized carbons (Fsp3) is 0.444. The number of hydrogen-bond donors (Lipinski definition) is 3. The van der Waals surface area contributed by atoms with Crippen LogP contribution in [0.1, 0.15) is 64.0 Å². The van der Waals surface area contributed by atoms with Gasteiger partial charge in [-0.05, 0) is 42.9 Å². The Hall–Kier alpha value is -3.19. The summed E-state index contributed by atoms with van der Waals surface area (Å²) in [6.45, 7) is 4.01. The maximum Gasteiger partial charge on any atom is 0.326 e. The monoisotopic (exact) mass is 465 g/mol. The van der Waals surface area contributed by atoms with Crippen LogP contribution in [0, 0.1) is 11.8 Å². The van der Waals surface area contributed by atoms with Crippen molar-refractivity contribution in [3.63, 3.8) is 0 Å². The minimum Gasteiger partial charge on any atom is -0.480 e. The topological polar surface area (TPSA) is 118 Å². The third-order valence-electron chi connectivity index (χ3n) is 6.29. The molecule has 3 aromatic rings. The lowest BCUT2D eigenvalue weighted by atomic mass is 9.89. The average Bonchev–Trinajstić information content (AvgIpc) is 3.22. The van der Waals surface area contributed by atoms with Gasteiger partial charge in [0.05, 0.1) is 17.6 Å². The van der Waals surface area contributed by atoms with E-state index in [-0.39, 0.29) is 24.3 Å². The number of carbonyl (C=O) groups is 2. The van der Waals surface area contributed by atoms with E-state index in [1.165, 1.54) is 19.3 Å². The molecule has 0 bridgehead atoms. The van der Waals surface area contributed by atoms with Crippen molar-refractivity contribution in [3.8, 4) is 11.4 Å². The first kappa shape index (κ1) is 25.4. The lowest BCUT2D eigenvalue weighted by molar-refractivity contribution is -0.141. The van der Waals surface area contributed by atoms with E-state index in [2.05, 4.69) is 4.98 Å². The number of imidazole rings is 1. The number of aliphatic carboxylic acids is 1. The summed E-state index contributed by atoms with van der Waals surface area (Å²) in [5.41, 5.74) is 8.37. The molecule has 1 amide bonds. The van der Waals surface area contributed by atoms with Crippen molar-refractivity contribution in [2.24, 2.45) is 17.6 Å². The third kappa shape index (κ3) is 6.23. The Labute approximate surface area is 200 Å². The van der Waals surface area contributed by atoms with Crippen LogP contribution in [-0.2, 0) is 16.2 Å². The van der Waals surface area contributed by atoms with Crippen molar-refractivity contribution in [3.05, 3.63) is 54.1 Å². The van der Waals surface area contributed by atoms with Gasteiger partial charge in [0.15, 0.2) is 0 Å². The highest BCUT2D eigenvalue weighted by molar-refractivity contribution is 5.84. The predicted octanol–water partition coefficient (Wildman–Crippen LogP) is 4.92. The molecule has 1 saturated carbocycles. The van der Waals surface area contributed by atoms with Crippen LogP contribution in [0.5, 0.6) is 0 Å². The molecule has 1 aliphatic rings. The van der Waals surface area contributed by atoms with E-state index < -0.39 is 12.0 Å². The molecule has 1 aliphatic carbocycles. The highest BCUT2D eigenvalue weighted by Crippen LogP contribution is 2.31. The fourth-order valence-corrected chi connectivity index (χ4v) is 4.47. The summed E-state index contributed by atoms with van der Waals surface area (Å²) in [5, 5.41) is 19.1. The van der Waals surface area contributed by atoms with E-state index in [0.29, 0.717) is 12.2 Å². The zero-order valence-electron chi connectivity index (χ0n) is 20.0. The molecule has 4 rings (SSSR count). The predicted molar refractivity (Wildman–Crippen MR) is 133 cm³/mol. The van der Waals surface area contributed by atoms with E-state index in [1.807, 2.05) is 66.9 Å². The SMILES string of the molecule is CC(C)CC(C(=O)O)n1c(-c2ccc(CO)cc2)nc2ccccc21.NC(=O)C1CCCCC1. The summed E-state index contributed by atoms with van der Waals surface area (Å²) >= 11 is 0. The van der Waals surface area contributed by atoms with E-state index in [4.69, 9.17) is 5.73 Å². The molecule has 2 aromatic carbocycles. The molecule has 4 N–H and O–H groups in total. The summed E-state index contributed by atoms with van der Waals surface area (Å²) in [5.74, 6) is 0.115. The molecule has 7 nitrogen and oxygen atoms in total. The quantitative estimate of drug-likeness (QED) is 0.458. The summed E-state index contributed by atoms with van der Waals surface area (Å²) in [6, 6.07) is 14.3. The van der Waals surface area contributed by atoms with Crippen LogP contribution in [0.25, 0.3) is 22.4 Å².